The molecule has 1 fully saturated rings. The van der Waals surface area contributed by atoms with Crippen LogP contribution >= 0.6 is 11.8 Å². The Bertz CT molecular complexity index is 788. The molecular formula is C20H22N2O3S. The van der Waals surface area contributed by atoms with E-state index in [9.17, 15) is 4.79 Å². The van der Waals surface area contributed by atoms with Crippen molar-refractivity contribution < 1.29 is 14.3 Å². The molecule has 0 aliphatic carbocycles. The lowest BCUT2D eigenvalue weighted by Crippen LogP contribution is -2.39. The lowest BCUT2D eigenvalue weighted by Gasteiger charge is -2.23. The van der Waals surface area contributed by atoms with Gasteiger partial charge in [0.15, 0.2) is 5.17 Å². The first-order chi connectivity index (χ1) is 12.7. The quantitative estimate of drug-likeness (QED) is 0.785. The van der Waals surface area contributed by atoms with Crippen molar-refractivity contribution in [3.63, 3.8) is 0 Å². The van der Waals surface area contributed by atoms with E-state index >= 15 is 0 Å². The van der Waals surface area contributed by atoms with Crippen molar-refractivity contribution in [2.75, 3.05) is 20.0 Å². The maximum absolute atomic E-state index is 13.1. The summed E-state index contributed by atoms with van der Waals surface area (Å²) >= 11 is 1.62. The summed E-state index contributed by atoms with van der Waals surface area (Å²) in [7, 11) is 3.25. The first-order valence-electron chi connectivity index (χ1n) is 8.49. The Hall–Kier alpha value is -2.47. The molecule has 5 nitrogen and oxygen atoms in total. The molecule has 1 saturated heterocycles. The van der Waals surface area contributed by atoms with Gasteiger partial charge in [0.2, 0.25) is 0 Å². The first kappa shape index (κ1) is 18.3. The summed E-state index contributed by atoms with van der Waals surface area (Å²) in [6.07, 6.45) is 0.885. The number of amides is 1. The van der Waals surface area contributed by atoms with Crippen LogP contribution in [0, 0.1) is 0 Å². The van der Waals surface area contributed by atoms with Crippen LogP contribution in [-0.2, 0) is 0 Å². The Morgan fingerprint density at radius 1 is 1.08 bits per heavy atom. The maximum Gasteiger partial charge on any atom is 0.260 e. The Morgan fingerprint density at radius 3 is 2.19 bits per heavy atom. The van der Waals surface area contributed by atoms with Gasteiger partial charge in [-0.1, -0.05) is 18.7 Å². The smallest absolute Gasteiger partial charge is 0.260 e. The van der Waals surface area contributed by atoms with Crippen LogP contribution in [0.2, 0.25) is 0 Å². The Labute approximate surface area is 158 Å². The first-order valence-corrected chi connectivity index (χ1v) is 9.48. The van der Waals surface area contributed by atoms with Crippen molar-refractivity contribution in [2.45, 2.75) is 19.4 Å². The summed E-state index contributed by atoms with van der Waals surface area (Å²) < 4.78 is 10.4. The van der Waals surface area contributed by atoms with Gasteiger partial charge in [-0.15, -0.1) is 0 Å². The predicted octanol–water partition coefficient (Wildman–Crippen LogP) is 4.36. The van der Waals surface area contributed by atoms with Crippen molar-refractivity contribution in [2.24, 2.45) is 4.99 Å². The second kappa shape index (κ2) is 8.27. The zero-order valence-electron chi connectivity index (χ0n) is 15.1. The fourth-order valence-corrected chi connectivity index (χ4v) is 4.02. The molecule has 0 unspecified atom stereocenters. The van der Waals surface area contributed by atoms with Gasteiger partial charge < -0.3 is 9.47 Å². The van der Waals surface area contributed by atoms with Crippen LogP contribution in [0.5, 0.6) is 11.5 Å². The van der Waals surface area contributed by atoms with E-state index in [0.717, 1.165) is 34.5 Å². The molecule has 26 heavy (non-hydrogen) atoms. The SMILES string of the molecule is CC[C@@H]1CSC(=Nc2ccc(OC)cc2)N1C(=O)c1ccc(OC)cc1. The van der Waals surface area contributed by atoms with Crippen molar-refractivity contribution in [3.05, 3.63) is 54.1 Å². The van der Waals surface area contributed by atoms with Crippen LogP contribution in [0.25, 0.3) is 0 Å². The normalized spacial score (nSPS) is 18.2. The molecule has 1 aliphatic rings. The Balaban J connectivity index is 1.88. The van der Waals surface area contributed by atoms with Gasteiger partial charge in [-0.2, -0.15) is 0 Å². The van der Waals surface area contributed by atoms with Crippen molar-refractivity contribution in [1.82, 2.24) is 4.90 Å². The summed E-state index contributed by atoms with van der Waals surface area (Å²) in [6, 6.07) is 14.9. The van der Waals surface area contributed by atoms with Crippen molar-refractivity contribution in [3.8, 4) is 11.5 Å². The molecule has 1 atom stereocenters. The standard InChI is InChI=1S/C20H22N2O3S/c1-4-16-13-26-20(21-15-7-11-18(25-3)12-8-15)22(16)19(23)14-5-9-17(24-2)10-6-14/h5-12,16H,4,13H2,1-3H3/t16-/m1/s1. The molecule has 3 rings (SSSR count). The minimum Gasteiger partial charge on any atom is -0.497 e. The number of ether oxygens (including phenoxy) is 2. The minimum atomic E-state index is -0.0308. The summed E-state index contributed by atoms with van der Waals surface area (Å²) in [4.78, 5) is 19.6. The van der Waals surface area contributed by atoms with E-state index in [2.05, 4.69) is 6.92 Å². The van der Waals surface area contributed by atoms with Gasteiger partial charge in [0.25, 0.3) is 5.91 Å². The van der Waals surface area contributed by atoms with Crippen LogP contribution in [0.1, 0.15) is 23.7 Å². The Kier molecular flexibility index (Phi) is 5.83. The molecule has 2 aromatic rings. The molecule has 136 valence electrons. The van der Waals surface area contributed by atoms with E-state index in [4.69, 9.17) is 14.5 Å². The molecule has 0 bridgehead atoms. The monoisotopic (exact) mass is 370 g/mol. The molecule has 2 aromatic carbocycles. The number of hydrogen-bond donors (Lipinski definition) is 0. The third kappa shape index (κ3) is 3.85. The number of thioether (sulfide) groups is 1. The highest BCUT2D eigenvalue weighted by Crippen LogP contribution is 2.31. The molecule has 6 heteroatoms. The van der Waals surface area contributed by atoms with Gasteiger partial charge in [-0.25, -0.2) is 4.99 Å². The fourth-order valence-electron chi connectivity index (χ4n) is 2.75. The highest BCUT2D eigenvalue weighted by Gasteiger charge is 2.34. The number of methoxy groups -OCH3 is 2. The molecule has 0 N–H and O–H groups in total. The van der Waals surface area contributed by atoms with Crippen LogP contribution in [0.15, 0.2) is 53.5 Å². The number of nitrogens with zero attached hydrogens (tertiary/aromatic N) is 2. The summed E-state index contributed by atoms with van der Waals surface area (Å²) in [6.45, 7) is 2.09. The lowest BCUT2D eigenvalue weighted by molar-refractivity contribution is 0.0819. The minimum absolute atomic E-state index is 0.0308. The largest absolute Gasteiger partial charge is 0.497 e. The van der Waals surface area contributed by atoms with Gasteiger partial charge in [0, 0.05) is 17.4 Å². The van der Waals surface area contributed by atoms with Crippen molar-refractivity contribution >= 4 is 28.5 Å². The third-order valence-electron chi connectivity index (χ3n) is 4.30. The molecule has 1 heterocycles. The number of carbonyl (C=O) groups excluding carboxylic acids is 1. The summed E-state index contributed by atoms with van der Waals surface area (Å²) in [5, 5.41) is 0.739. The highest BCUT2D eigenvalue weighted by atomic mass is 32.2. The highest BCUT2D eigenvalue weighted by molar-refractivity contribution is 8.14. The van der Waals surface area contributed by atoms with E-state index < -0.39 is 0 Å². The van der Waals surface area contributed by atoms with Gasteiger partial charge >= 0.3 is 0 Å². The van der Waals surface area contributed by atoms with Crippen LogP contribution in [-0.4, -0.2) is 42.0 Å². The van der Waals surface area contributed by atoms with Gasteiger partial charge in [-0.3, -0.25) is 9.69 Å². The van der Waals surface area contributed by atoms with Crippen LogP contribution < -0.4 is 9.47 Å². The Morgan fingerprint density at radius 2 is 1.65 bits per heavy atom. The summed E-state index contributed by atoms with van der Waals surface area (Å²) in [5.41, 5.74) is 1.44. The molecule has 0 spiro atoms. The lowest BCUT2D eigenvalue weighted by atomic mass is 10.1. The van der Waals surface area contributed by atoms with Gasteiger partial charge in [0.05, 0.1) is 19.9 Å². The number of rotatable bonds is 5. The topological polar surface area (TPSA) is 51.1 Å². The average Bonchev–Trinajstić information content (AvgIpc) is 3.10. The fraction of sp³-hybridized carbons (Fsp3) is 0.300. The summed E-state index contributed by atoms with van der Waals surface area (Å²) in [5.74, 6) is 2.34. The number of benzene rings is 2. The van der Waals surface area contributed by atoms with E-state index in [-0.39, 0.29) is 11.9 Å². The molecule has 0 radical (unpaired) electrons. The third-order valence-corrected chi connectivity index (χ3v) is 5.40. The number of hydrogen-bond acceptors (Lipinski definition) is 5. The zero-order valence-corrected chi connectivity index (χ0v) is 16.0. The number of carbonyl (C=O) groups is 1. The molecular weight excluding hydrogens is 348 g/mol. The van der Waals surface area contributed by atoms with E-state index in [1.54, 1.807) is 50.2 Å². The molecule has 0 saturated carbocycles. The van der Waals surface area contributed by atoms with E-state index in [1.807, 2.05) is 29.2 Å². The number of amidine groups is 1. The van der Waals surface area contributed by atoms with Gasteiger partial charge in [0.1, 0.15) is 11.5 Å². The number of aliphatic imine (C=N–C) groups is 1. The molecule has 1 aliphatic heterocycles. The average molecular weight is 370 g/mol. The van der Waals surface area contributed by atoms with E-state index in [1.165, 1.54) is 0 Å². The predicted molar refractivity (Wildman–Crippen MR) is 106 cm³/mol. The van der Waals surface area contributed by atoms with Crippen molar-refractivity contribution in [1.29, 1.82) is 0 Å². The molecule has 1 amide bonds. The molecule has 0 aromatic heterocycles. The van der Waals surface area contributed by atoms with Gasteiger partial charge in [-0.05, 0) is 55.0 Å². The van der Waals surface area contributed by atoms with Crippen LogP contribution in [0.4, 0.5) is 5.69 Å². The maximum atomic E-state index is 13.1. The zero-order chi connectivity index (χ0) is 18.5. The second-order valence-electron chi connectivity index (χ2n) is 5.87. The second-order valence-corrected chi connectivity index (χ2v) is 6.86. The van der Waals surface area contributed by atoms with Crippen LogP contribution in [0.3, 0.4) is 0 Å². The van der Waals surface area contributed by atoms with E-state index in [0.29, 0.717) is 5.56 Å².